The van der Waals surface area contributed by atoms with Gasteiger partial charge in [0.25, 0.3) is 9.17 Å². The van der Waals surface area contributed by atoms with Crippen LogP contribution in [0.25, 0.3) is 33.4 Å². The lowest BCUT2D eigenvalue weighted by Crippen LogP contribution is -2.51. The Balaban J connectivity index is 0.990. The van der Waals surface area contributed by atoms with E-state index in [1.165, 1.54) is 12.1 Å². The first-order chi connectivity index (χ1) is 29.6. The minimum absolute atomic E-state index is 0.0991. The number of nitrogens with one attached hydrogen (secondary N) is 3. The van der Waals surface area contributed by atoms with Crippen LogP contribution in [0.4, 0.5) is 10.5 Å². The molecule has 2 aliphatic rings. The number of halogens is 1. The predicted octanol–water partition coefficient (Wildman–Crippen LogP) is 6.62. The lowest BCUT2D eigenvalue weighted by Gasteiger charge is -2.33. The highest BCUT2D eigenvalue weighted by Gasteiger charge is 2.51. The molecule has 0 radical (unpaired) electrons. The van der Waals surface area contributed by atoms with Crippen LogP contribution in [0.3, 0.4) is 0 Å². The number of aromatic nitrogens is 2. The minimum Gasteiger partial charge on any atom is -0.481 e. The summed E-state index contributed by atoms with van der Waals surface area (Å²) in [4.78, 5) is 71.1. The van der Waals surface area contributed by atoms with Crippen LogP contribution < -0.4 is 20.9 Å². The molecule has 6 aromatic rings. The zero-order valence-electron chi connectivity index (χ0n) is 33.1. The Morgan fingerprint density at radius 2 is 1.63 bits per heavy atom. The molecule has 2 aromatic heterocycles. The van der Waals surface area contributed by atoms with Crippen LogP contribution in [-0.4, -0.2) is 53.1 Å². The maximum Gasteiger partial charge on any atom is 0.366 e. The Kier molecular flexibility index (Phi) is 11.4. The van der Waals surface area contributed by atoms with E-state index in [2.05, 4.69) is 15.4 Å². The third kappa shape index (κ3) is 8.29. The highest BCUT2D eigenvalue weighted by Crippen LogP contribution is 2.43. The lowest BCUT2D eigenvalue weighted by molar-refractivity contribution is -0.175. The van der Waals surface area contributed by atoms with E-state index < -0.39 is 67.6 Å². The van der Waals surface area contributed by atoms with Crippen LogP contribution >= 0.6 is 22.6 Å². The number of carbonyl (C=O) groups excluding carboxylic acids is 3. The number of nitrogens with zero attached hydrogens (tertiary/aromatic N) is 2. The monoisotopic (exact) mass is 967 g/mol. The number of esters is 2. The van der Waals surface area contributed by atoms with Gasteiger partial charge in [-0.3, -0.25) is 9.59 Å². The second-order valence-electron chi connectivity index (χ2n) is 15.2. The van der Waals surface area contributed by atoms with Crippen LogP contribution in [-0.2, 0) is 50.6 Å². The Labute approximate surface area is 368 Å². The molecule has 316 valence electrons. The molecule has 0 spiro atoms. The molecule has 2 amide bonds. The van der Waals surface area contributed by atoms with Gasteiger partial charge in [-0.25, -0.2) is 32.5 Å². The van der Waals surface area contributed by atoms with Gasteiger partial charge in [0.15, 0.2) is 0 Å². The maximum atomic E-state index is 14.0. The van der Waals surface area contributed by atoms with Crippen LogP contribution in [0, 0.1) is 5.92 Å². The van der Waals surface area contributed by atoms with Crippen molar-refractivity contribution < 1.29 is 42.2 Å². The number of sulfonamides is 1. The smallest absolute Gasteiger partial charge is 0.366 e. The second-order valence-corrected chi connectivity index (χ2v) is 18.4. The number of anilines is 1. The predicted molar refractivity (Wildman–Crippen MR) is 237 cm³/mol. The number of hydrogen-bond donors (Lipinski definition) is 4. The van der Waals surface area contributed by atoms with Gasteiger partial charge in [0.1, 0.15) is 12.6 Å². The number of aliphatic carboxylic acids is 1. The zero-order valence-corrected chi connectivity index (χ0v) is 36.1. The number of ether oxygens (including phenoxy) is 2. The normalized spacial score (nSPS) is 16.4. The number of hydrogen-bond acceptors (Lipinski definition) is 10. The number of rotatable bonds is 12. The molecular formula is C45H38IN5O10S. The summed E-state index contributed by atoms with van der Waals surface area (Å²) in [5.74, 6) is -3.53. The average molecular weight is 968 g/mol. The largest absolute Gasteiger partial charge is 0.481 e. The van der Waals surface area contributed by atoms with Crippen molar-refractivity contribution in [2.24, 2.45) is 5.92 Å². The van der Waals surface area contributed by atoms with Crippen molar-refractivity contribution in [3.05, 3.63) is 148 Å². The van der Waals surface area contributed by atoms with Crippen LogP contribution in [0.1, 0.15) is 48.6 Å². The van der Waals surface area contributed by atoms with Crippen molar-refractivity contribution in [1.82, 2.24) is 19.6 Å². The third-order valence-electron chi connectivity index (χ3n) is 10.7. The van der Waals surface area contributed by atoms with Gasteiger partial charge in [0.05, 0.1) is 46.4 Å². The first-order valence-corrected chi connectivity index (χ1v) is 22.0. The summed E-state index contributed by atoms with van der Waals surface area (Å²) in [7, 11) is -4.19. The summed E-state index contributed by atoms with van der Waals surface area (Å²) in [6.07, 6.45) is -0.470. The number of amides is 2. The van der Waals surface area contributed by atoms with Crippen molar-refractivity contribution in [2.45, 2.75) is 54.0 Å². The fraction of sp³-hybridized carbons (Fsp3) is 0.200. The van der Waals surface area contributed by atoms with Gasteiger partial charge < -0.3 is 29.8 Å². The molecule has 3 atom stereocenters. The molecule has 17 heteroatoms. The molecule has 0 aliphatic carbocycles. The van der Waals surface area contributed by atoms with E-state index in [4.69, 9.17) is 14.5 Å². The summed E-state index contributed by atoms with van der Waals surface area (Å²) < 4.78 is 40.4. The van der Waals surface area contributed by atoms with Crippen molar-refractivity contribution in [3.8, 4) is 22.5 Å². The second kappa shape index (κ2) is 16.8. The lowest BCUT2D eigenvalue weighted by atomic mass is 9.99. The van der Waals surface area contributed by atoms with Crippen molar-refractivity contribution in [3.63, 3.8) is 0 Å². The maximum absolute atomic E-state index is 14.0. The van der Waals surface area contributed by atoms with Crippen LogP contribution in [0.15, 0.2) is 125 Å². The summed E-state index contributed by atoms with van der Waals surface area (Å²) in [6, 6.07) is 29.2. The van der Waals surface area contributed by atoms with Crippen LogP contribution in [0.2, 0.25) is 0 Å². The van der Waals surface area contributed by atoms with Gasteiger partial charge in [0.2, 0.25) is 10.0 Å². The number of fused-ring (bicyclic) bond motifs is 5. The highest BCUT2D eigenvalue weighted by atomic mass is 127. The Morgan fingerprint density at radius 3 is 2.37 bits per heavy atom. The fourth-order valence-electron chi connectivity index (χ4n) is 7.55. The number of carbonyl (C=O) groups is 4. The molecule has 15 nitrogen and oxygen atoms in total. The number of carboxylic acid groups (broad SMARTS) is 1. The first-order valence-electron chi connectivity index (χ1n) is 19.4. The van der Waals surface area contributed by atoms with E-state index in [1.54, 1.807) is 114 Å². The summed E-state index contributed by atoms with van der Waals surface area (Å²) >= 11 is 1.68. The van der Waals surface area contributed by atoms with E-state index in [1.807, 2.05) is 30.3 Å². The molecule has 4 heterocycles. The van der Waals surface area contributed by atoms with E-state index in [9.17, 15) is 37.5 Å². The topological polar surface area (TPSA) is 212 Å². The zero-order chi connectivity index (χ0) is 43.9. The van der Waals surface area contributed by atoms with Crippen molar-refractivity contribution >= 4 is 73.1 Å². The Hall–Kier alpha value is -6.44. The SMILES string of the molecule is CC(C)[C@H](NC(=O)Nc1cccc(-c2cccc(S(=O)(=O)NC(CC(=O)O)c3ccccc3)c2)c1)C(=O)O[C@]1(I)C(=O)OCc2c1cc1n(c2=O)Cc2cc3ccccc3nc2-1. The molecule has 62 heavy (non-hydrogen) atoms. The Bertz CT molecular complexity index is 2980. The third-order valence-corrected chi connectivity index (χ3v) is 13.4. The first kappa shape index (κ1) is 42.3. The molecule has 4 aromatic carbocycles. The van der Waals surface area contributed by atoms with Crippen LogP contribution in [0.5, 0.6) is 0 Å². The number of carboxylic acids is 1. The molecular weight excluding hydrogens is 929 g/mol. The highest BCUT2D eigenvalue weighted by molar-refractivity contribution is 14.1. The summed E-state index contributed by atoms with van der Waals surface area (Å²) in [6.45, 7) is 3.33. The molecule has 1 unspecified atom stereocenters. The number of alkyl halides is 1. The van der Waals surface area contributed by atoms with Gasteiger partial charge >= 0.3 is 23.9 Å². The number of para-hydroxylation sites is 1. The molecule has 0 bridgehead atoms. The number of pyridine rings is 2. The van der Waals surface area contributed by atoms with Crippen molar-refractivity contribution in [1.29, 1.82) is 0 Å². The molecule has 0 saturated carbocycles. The van der Waals surface area contributed by atoms with E-state index in [0.29, 0.717) is 33.8 Å². The Morgan fingerprint density at radius 1 is 0.919 bits per heavy atom. The standard InChI is InChI=1S/C45H38IN5O10S/c1-25(2)39(42(55)61-45(46)34-21-37-40-30(18-29-12-6-7-17-35(29)48-40)23-51(37)41(54)33(34)24-60-43(45)56)49-44(57)47-31-15-8-13-27(19-31)28-14-9-16-32(20-28)62(58,59)50-36(22-38(52)53)26-10-4-3-5-11-26/h3-21,25,36,39,50H,22-24H2,1-2H3,(H,52,53)(H2,47,49,57)/t36?,39-,45-/m0/s1. The van der Waals surface area contributed by atoms with Gasteiger partial charge in [0, 0.05) is 22.2 Å². The van der Waals surface area contributed by atoms with E-state index >= 15 is 0 Å². The van der Waals surface area contributed by atoms with E-state index in [-0.39, 0.29) is 29.2 Å². The minimum atomic E-state index is -4.19. The van der Waals surface area contributed by atoms with Crippen molar-refractivity contribution in [2.75, 3.05) is 5.32 Å². The quantitative estimate of drug-likeness (QED) is 0.0581. The summed E-state index contributed by atoms with van der Waals surface area (Å²) in [5, 5.41) is 15.7. The number of cyclic esters (lactones) is 1. The molecule has 0 saturated heterocycles. The van der Waals surface area contributed by atoms with Gasteiger partial charge in [-0.15, -0.1) is 0 Å². The van der Waals surface area contributed by atoms with Gasteiger partial charge in [-0.2, -0.15) is 0 Å². The fourth-order valence-corrected chi connectivity index (χ4v) is 9.67. The average Bonchev–Trinajstić information content (AvgIpc) is 3.61. The summed E-state index contributed by atoms with van der Waals surface area (Å²) in [5.41, 5.74) is 4.35. The molecule has 4 N–H and O–H groups in total. The molecule has 0 fully saturated rings. The van der Waals surface area contributed by atoms with Gasteiger partial charge in [-0.1, -0.05) is 86.6 Å². The van der Waals surface area contributed by atoms with Gasteiger partial charge in [-0.05, 0) is 87.7 Å². The number of urea groups is 1. The van der Waals surface area contributed by atoms with E-state index in [0.717, 1.165) is 16.5 Å². The number of benzene rings is 4. The molecule has 2 aliphatic heterocycles. The molecule has 8 rings (SSSR count).